The summed E-state index contributed by atoms with van der Waals surface area (Å²) in [6.45, 7) is 7.00. The third-order valence-electron chi connectivity index (χ3n) is 4.01. The van der Waals surface area contributed by atoms with Crippen molar-refractivity contribution in [1.82, 2.24) is 0 Å². The van der Waals surface area contributed by atoms with Crippen molar-refractivity contribution < 1.29 is 4.21 Å². The molecule has 0 aromatic rings. The van der Waals surface area contributed by atoms with Gasteiger partial charge in [-0.15, -0.1) is 11.8 Å². The van der Waals surface area contributed by atoms with Gasteiger partial charge in [0.15, 0.2) is 0 Å². The number of hydrogen-bond donors (Lipinski definition) is 0. The maximum absolute atomic E-state index is 12.0. The first-order valence-corrected chi connectivity index (χ1v) is 10.5. The molecule has 1 unspecified atom stereocenters. The van der Waals surface area contributed by atoms with Crippen molar-refractivity contribution in [3.8, 4) is 0 Å². The van der Waals surface area contributed by atoms with Gasteiger partial charge >= 0.3 is 0 Å². The van der Waals surface area contributed by atoms with Crippen LogP contribution >= 0.6 is 11.8 Å². The lowest BCUT2D eigenvalue weighted by Crippen LogP contribution is -2.27. The standard InChI is InChI=1S/C16H32OS2/c1-4-5-6-7-8-9-11-16(2,3)14-15-18-12-10-13-19(15)17/h15H,4-14H2,1-3H3/t15-,19?/m0/s1. The molecular formula is C16H32OS2. The SMILES string of the molecule is CCCCCCCCC(C)(C)C[C@H]1SCCCS1=O. The molecule has 0 aliphatic carbocycles. The third kappa shape index (κ3) is 7.75. The molecule has 0 N–H and O–H groups in total. The molecule has 0 radical (unpaired) electrons. The highest BCUT2D eigenvalue weighted by atomic mass is 32.2. The molecule has 1 rings (SSSR count). The van der Waals surface area contributed by atoms with Crippen molar-refractivity contribution in [2.75, 3.05) is 11.5 Å². The average Bonchev–Trinajstić information content (AvgIpc) is 2.36. The molecule has 0 amide bonds. The van der Waals surface area contributed by atoms with Crippen LogP contribution in [0.5, 0.6) is 0 Å². The van der Waals surface area contributed by atoms with E-state index in [1.54, 1.807) is 0 Å². The highest BCUT2D eigenvalue weighted by Gasteiger charge is 2.28. The highest BCUT2D eigenvalue weighted by molar-refractivity contribution is 8.11. The first-order valence-electron chi connectivity index (χ1n) is 8.04. The summed E-state index contributed by atoms with van der Waals surface area (Å²) in [6, 6.07) is 0. The zero-order valence-electron chi connectivity index (χ0n) is 13.1. The Kier molecular flexibility index (Phi) is 8.72. The van der Waals surface area contributed by atoms with Crippen molar-refractivity contribution >= 4 is 22.6 Å². The number of thioether (sulfide) groups is 1. The Balaban J connectivity index is 2.17. The lowest BCUT2D eigenvalue weighted by Gasteiger charge is -2.31. The largest absolute Gasteiger partial charge is 0.258 e. The smallest absolute Gasteiger partial charge is 0.0806 e. The third-order valence-corrected chi connectivity index (χ3v) is 7.57. The number of rotatable bonds is 9. The first kappa shape index (κ1) is 17.6. The molecule has 19 heavy (non-hydrogen) atoms. The predicted octanol–water partition coefficient (Wildman–Crippen LogP) is 5.37. The highest BCUT2D eigenvalue weighted by Crippen LogP contribution is 2.36. The van der Waals surface area contributed by atoms with Crippen molar-refractivity contribution in [3.63, 3.8) is 0 Å². The van der Waals surface area contributed by atoms with Crippen LogP contribution in [0.1, 0.15) is 78.6 Å². The quantitative estimate of drug-likeness (QED) is 0.533. The van der Waals surface area contributed by atoms with Gasteiger partial charge in [0.25, 0.3) is 0 Å². The first-order chi connectivity index (χ1) is 9.05. The van der Waals surface area contributed by atoms with E-state index in [0.717, 1.165) is 18.6 Å². The van der Waals surface area contributed by atoms with E-state index >= 15 is 0 Å². The van der Waals surface area contributed by atoms with E-state index < -0.39 is 10.8 Å². The predicted molar refractivity (Wildman–Crippen MR) is 90.3 cm³/mol. The molecule has 1 nitrogen and oxygen atoms in total. The zero-order chi connectivity index (χ0) is 14.1. The summed E-state index contributed by atoms with van der Waals surface area (Å²) in [5.74, 6) is 2.15. The minimum Gasteiger partial charge on any atom is -0.258 e. The Morgan fingerprint density at radius 1 is 1.16 bits per heavy atom. The summed E-state index contributed by atoms with van der Waals surface area (Å²) in [4.78, 5) is 0. The second-order valence-electron chi connectivity index (χ2n) is 6.62. The van der Waals surface area contributed by atoms with Gasteiger partial charge < -0.3 is 0 Å². The molecule has 0 aromatic carbocycles. The summed E-state index contributed by atoms with van der Waals surface area (Å²) in [5.41, 5.74) is 0.370. The van der Waals surface area contributed by atoms with E-state index in [4.69, 9.17) is 0 Å². The van der Waals surface area contributed by atoms with E-state index in [2.05, 4.69) is 20.8 Å². The van der Waals surface area contributed by atoms with Crippen LogP contribution < -0.4 is 0 Å². The van der Waals surface area contributed by atoms with Gasteiger partial charge in [-0.1, -0.05) is 59.3 Å². The van der Waals surface area contributed by atoms with Crippen molar-refractivity contribution in [2.24, 2.45) is 5.41 Å². The molecule has 0 spiro atoms. The molecule has 0 bridgehead atoms. The Hall–Kier alpha value is 0.500. The van der Waals surface area contributed by atoms with Crippen LogP contribution in [0.2, 0.25) is 0 Å². The second-order valence-corrected chi connectivity index (χ2v) is 9.97. The Bertz CT molecular complexity index is 263. The van der Waals surface area contributed by atoms with Gasteiger partial charge in [0.1, 0.15) is 0 Å². The fraction of sp³-hybridized carbons (Fsp3) is 1.00. The lowest BCUT2D eigenvalue weighted by molar-refractivity contribution is 0.304. The Morgan fingerprint density at radius 3 is 2.53 bits per heavy atom. The zero-order valence-corrected chi connectivity index (χ0v) is 14.7. The van der Waals surface area contributed by atoms with Crippen LogP contribution in [0.4, 0.5) is 0 Å². The van der Waals surface area contributed by atoms with E-state index in [1.165, 1.54) is 50.7 Å². The molecule has 114 valence electrons. The minimum absolute atomic E-state index is 0.370. The van der Waals surface area contributed by atoms with Crippen molar-refractivity contribution in [3.05, 3.63) is 0 Å². The summed E-state index contributed by atoms with van der Waals surface area (Å²) < 4.78 is 12.4. The number of unbranched alkanes of at least 4 members (excludes halogenated alkanes) is 5. The van der Waals surface area contributed by atoms with Crippen LogP contribution in [0, 0.1) is 5.41 Å². The van der Waals surface area contributed by atoms with Crippen LogP contribution in [-0.4, -0.2) is 20.3 Å². The van der Waals surface area contributed by atoms with Crippen LogP contribution in [-0.2, 0) is 10.8 Å². The minimum atomic E-state index is -0.573. The average molecular weight is 305 g/mol. The molecule has 0 saturated carbocycles. The Labute approximate surface area is 127 Å². The van der Waals surface area contributed by atoms with Crippen LogP contribution in [0.3, 0.4) is 0 Å². The van der Waals surface area contributed by atoms with E-state index in [0.29, 0.717) is 10.00 Å². The van der Waals surface area contributed by atoms with Crippen molar-refractivity contribution in [2.45, 2.75) is 83.1 Å². The lowest BCUT2D eigenvalue weighted by atomic mass is 9.84. The second kappa shape index (κ2) is 9.44. The van der Waals surface area contributed by atoms with Crippen LogP contribution in [0.25, 0.3) is 0 Å². The summed E-state index contributed by atoms with van der Waals surface area (Å²) in [7, 11) is -0.573. The van der Waals surface area contributed by atoms with E-state index in [-0.39, 0.29) is 0 Å². The molecule has 1 fully saturated rings. The molecule has 1 aliphatic rings. The van der Waals surface area contributed by atoms with Gasteiger partial charge in [0.05, 0.1) is 4.58 Å². The van der Waals surface area contributed by atoms with Crippen LogP contribution in [0.15, 0.2) is 0 Å². The summed E-state index contributed by atoms with van der Waals surface area (Å²) in [5, 5.41) is 0. The molecule has 0 aromatic heterocycles. The summed E-state index contributed by atoms with van der Waals surface area (Å²) >= 11 is 1.95. The molecule has 1 saturated heterocycles. The molecule has 1 aliphatic heterocycles. The maximum atomic E-state index is 12.0. The molecular weight excluding hydrogens is 272 g/mol. The topological polar surface area (TPSA) is 17.1 Å². The molecule has 3 heteroatoms. The maximum Gasteiger partial charge on any atom is 0.0806 e. The normalized spacial score (nSPS) is 24.6. The monoisotopic (exact) mass is 304 g/mol. The van der Waals surface area contributed by atoms with Gasteiger partial charge in [-0.2, -0.15) is 0 Å². The number of hydrogen-bond acceptors (Lipinski definition) is 2. The molecule has 2 atom stereocenters. The Morgan fingerprint density at radius 2 is 1.84 bits per heavy atom. The van der Waals surface area contributed by atoms with Gasteiger partial charge in [-0.05, 0) is 30.4 Å². The van der Waals surface area contributed by atoms with Gasteiger partial charge in [0.2, 0.25) is 0 Å². The van der Waals surface area contributed by atoms with E-state index in [1.807, 2.05) is 11.8 Å². The fourth-order valence-electron chi connectivity index (χ4n) is 2.71. The van der Waals surface area contributed by atoms with Gasteiger partial charge in [-0.25, -0.2) is 0 Å². The molecule has 1 heterocycles. The summed E-state index contributed by atoms with van der Waals surface area (Å²) in [6.07, 6.45) is 11.8. The van der Waals surface area contributed by atoms with Gasteiger partial charge in [0, 0.05) is 16.6 Å². The van der Waals surface area contributed by atoms with Gasteiger partial charge in [-0.3, -0.25) is 4.21 Å². The van der Waals surface area contributed by atoms with E-state index in [9.17, 15) is 4.21 Å². The fourth-order valence-corrected chi connectivity index (χ4v) is 6.55. The van der Waals surface area contributed by atoms with Crippen molar-refractivity contribution in [1.29, 1.82) is 0 Å².